The van der Waals surface area contributed by atoms with E-state index >= 15 is 0 Å². The summed E-state index contributed by atoms with van der Waals surface area (Å²) < 4.78 is 15.7. The van der Waals surface area contributed by atoms with E-state index in [2.05, 4.69) is 24.0 Å². The van der Waals surface area contributed by atoms with Crippen molar-refractivity contribution >= 4 is 0 Å². The van der Waals surface area contributed by atoms with Crippen LogP contribution in [0.5, 0.6) is 11.5 Å². The third-order valence-electron chi connectivity index (χ3n) is 3.09. The highest BCUT2D eigenvalue weighted by atomic mass is 16.5. The molecule has 0 fully saturated rings. The van der Waals surface area contributed by atoms with Gasteiger partial charge < -0.3 is 19.7 Å². The Labute approximate surface area is 124 Å². The molecular formula is C15H21N3O3. The van der Waals surface area contributed by atoms with Crippen LogP contribution in [0.2, 0.25) is 0 Å². The van der Waals surface area contributed by atoms with E-state index in [4.69, 9.17) is 19.7 Å². The maximum Gasteiger partial charge on any atom is 0.243 e. The fourth-order valence-corrected chi connectivity index (χ4v) is 2.05. The standard InChI is InChI=1S/C15H21N3O3/c1-9(2)5-13(16)15-17-14(18-21-15)10-6-11(19-3)8-12(7-10)20-4/h6-9,13H,5,16H2,1-4H3. The largest absolute Gasteiger partial charge is 0.497 e. The molecule has 0 saturated heterocycles. The summed E-state index contributed by atoms with van der Waals surface area (Å²) in [4.78, 5) is 4.37. The lowest BCUT2D eigenvalue weighted by atomic mass is 10.0. The third-order valence-corrected chi connectivity index (χ3v) is 3.09. The number of benzene rings is 1. The SMILES string of the molecule is COc1cc(OC)cc(-c2noc(C(N)CC(C)C)n2)c1. The van der Waals surface area contributed by atoms with Crippen LogP contribution < -0.4 is 15.2 Å². The zero-order chi connectivity index (χ0) is 15.4. The summed E-state index contributed by atoms with van der Waals surface area (Å²) in [6, 6.07) is 5.18. The number of nitrogens with two attached hydrogens (primary N) is 1. The van der Waals surface area contributed by atoms with Crippen molar-refractivity contribution < 1.29 is 14.0 Å². The smallest absolute Gasteiger partial charge is 0.243 e. The number of methoxy groups -OCH3 is 2. The minimum absolute atomic E-state index is 0.251. The fourth-order valence-electron chi connectivity index (χ4n) is 2.05. The highest BCUT2D eigenvalue weighted by Gasteiger charge is 2.17. The van der Waals surface area contributed by atoms with Crippen LogP contribution in [0.4, 0.5) is 0 Å². The summed E-state index contributed by atoms with van der Waals surface area (Å²) >= 11 is 0. The molecule has 1 aromatic heterocycles. The summed E-state index contributed by atoms with van der Waals surface area (Å²) in [6.45, 7) is 4.20. The van der Waals surface area contributed by atoms with Gasteiger partial charge in [-0.15, -0.1) is 0 Å². The molecule has 114 valence electrons. The van der Waals surface area contributed by atoms with Gasteiger partial charge in [0.25, 0.3) is 0 Å². The Hall–Kier alpha value is -2.08. The summed E-state index contributed by atoms with van der Waals surface area (Å²) in [5.41, 5.74) is 6.82. The van der Waals surface area contributed by atoms with Gasteiger partial charge >= 0.3 is 0 Å². The van der Waals surface area contributed by atoms with Gasteiger partial charge in [0.05, 0.1) is 20.3 Å². The quantitative estimate of drug-likeness (QED) is 0.881. The Balaban J connectivity index is 2.28. The molecule has 1 unspecified atom stereocenters. The molecule has 0 saturated carbocycles. The number of hydrogen-bond donors (Lipinski definition) is 1. The van der Waals surface area contributed by atoms with E-state index in [1.54, 1.807) is 20.3 Å². The fraction of sp³-hybridized carbons (Fsp3) is 0.467. The molecule has 6 nitrogen and oxygen atoms in total. The molecule has 0 aliphatic carbocycles. The van der Waals surface area contributed by atoms with Gasteiger partial charge in [-0.1, -0.05) is 19.0 Å². The second-order valence-corrected chi connectivity index (χ2v) is 5.29. The van der Waals surface area contributed by atoms with E-state index in [1.807, 2.05) is 12.1 Å². The second kappa shape index (κ2) is 6.58. The van der Waals surface area contributed by atoms with Crippen LogP contribution in [0.25, 0.3) is 11.4 Å². The van der Waals surface area contributed by atoms with Crippen molar-refractivity contribution in [2.24, 2.45) is 11.7 Å². The van der Waals surface area contributed by atoms with Gasteiger partial charge in [-0.3, -0.25) is 0 Å². The number of nitrogens with zero attached hydrogens (tertiary/aromatic N) is 2. The van der Waals surface area contributed by atoms with Crippen molar-refractivity contribution in [3.05, 3.63) is 24.1 Å². The van der Waals surface area contributed by atoms with Gasteiger partial charge in [0.1, 0.15) is 11.5 Å². The van der Waals surface area contributed by atoms with E-state index in [0.29, 0.717) is 29.1 Å². The Bertz CT molecular complexity index is 573. The van der Waals surface area contributed by atoms with Crippen LogP contribution in [0, 0.1) is 5.92 Å². The highest BCUT2D eigenvalue weighted by Crippen LogP contribution is 2.29. The van der Waals surface area contributed by atoms with Crippen LogP contribution in [-0.2, 0) is 0 Å². The predicted molar refractivity (Wildman–Crippen MR) is 79.2 cm³/mol. The summed E-state index contributed by atoms with van der Waals surface area (Å²) in [5, 5.41) is 3.99. The Kier molecular flexibility index (Phi) is 4.80. The van der Waals surface area contributed by atoms with Crippen LogP contribution in [0.1, 0.15) is 32.2 Å². The summed E-state index contributed by atoms with van der Waals surface area (Å²) in [6.07, 6.45) is 0.795. The Morgan fingerprint density at radius 2 is 1.76 bits per heavy atom. The van der Waals surface area contributed by atoms with Crippen molar-refractivity contribution in [1.29, 1.82) is 0 Å². The molecule has 0 bridgehead atoms. The molecule has 2 aromatic rings. The van der Waals surface area contributed by atoms with E-state index < -0.39 is 0 Å². The monoisotopic (exact) mass is 291 g/mol. The third kappa shape index (κ3) is 3.72. The molecule has 0 aliphatic heterocycles. The van der Waals surface area contributed by atoms with E-state index in [0.717, 1.165) is 12.0 Å². The first-order valence-corrected chi connectivity index (χ1v) is 6.86. The van der Waals surface area contributed by atoms with Crippen molar-refractivity contribution in [3.63, 3.8) is 0 Å². The highest BCUT2D eigenvalue weighted by molar-refractivity contribution is 5.60. The lowest BCUT2D eigenvalue weighted by molar-refractivity contribution is 0.335. The van der Waals surface area contributed by atoms with E-state index in [9.17, 15) is 0 Å². The van der Waals surface area contributed by atoms with Crippen LogP contribution in [-0.4, -0.2) is 24.4 Å². The van der Waals surface area contributed by atoms with Crippen molar-refractivity contribution in [2.45, 2.75) is 26.3 Å². The number of rotatable bonds is 6. The zero-order valence-corrected chi connectivity index (χ0v) is 12.8. The Morgan fingerprint density at radius 3 is 2.29 bits per heavy atom. The van der Waals surface area contributed by atoms with Crippen LogP contribution >= 0.6 is 0 Å². The number of ether oxygens (including phenoxy) is 2. The first-order chi connectivity index (χ1) is 10.0. The zero-order valence-electron chi connectivity index (χ0n) is 12.8. The lowest BCUT2D eigenvalue weighted by Gasteiger charge is -2.08. The molecule has 1 heterocycles. The topological polar surface area (TPSA) is 83.4 Å². The average Bonchev–Trinajstić information content (AvgIpc) is 2.96. The van der Waals surface area contributed by atoms with Crippen LogP contribution in [0.15, 0.2) is 22.7 Å². The second-order valence-electron chi connectivity index (χ2n) is 5.29. The van der Waals surface area contributed by atoms with Gasteiger partial charge in [0.2, 0.25) is 11.7 Å². The predicted octanol–water partition coefficient (Wildman–Crippen LogP) is 2.80. The molecule has 0 amide bonds. The van der Waals surface area contributed by atoms with E-state index in [-0.39, 0.29) is 6.04 Å². The lowest BCUT2D eigenvalue weighted by Crippen LogP contribution is -2.13. The summed E-state index contributed by atoms with van der Waals surface area (Å²) in [5.74, 6) is 2.72. The first kappa shape index (κ1) is 15.3. The molecule has 1 atom stereocenters. The molecule has 21 heavy (non-hydrogen) atoms. The minimum atomic E-state index is -0.251. The van der Waals surface area contributed by atoms with Gasteiger partial charge in [-0.05, 0) is 24.5 Å². The minimum Gasteiger partial charge on any atom is -0.497 e. The van der Waals surface area contributed by atoms with Gasteiger partial charge in [0, 0.05) is 11.6 Å². The van der Waals surface area contributed by atoms with Crippen LogP contribution in [0.3, 0.4) is 0 Å². The van der Waals surface area contributed by atoms with Gasteiger partial charge in [-0.25, -0.2) is 0 Å². The molecule has 2 rings (SSSR count). The molecule has 0 aliphatic rings. The maximum absolute atomic E-state index is 6.05. The molecule has 2 N–H and O–H groups in total. The Morgan fingerprint density at radius 1 is 1.14 bits per heavy atom. The average molecular weight is 291 g/mol. The molecule has 1 aromatic carbocycles. The van der Waals surface area contributed by atoms with Gasteiger partial charge in [-0.2, -0.15) is 4.98 Å². The number of aromatic nitrogens is 2. The molecular weight excluding hydrogens is 270 g/mol. The van der Waals surface area contributed by atoms with E-state index in [1.165, 1.54) is 0 Å². The molecule has 6 heteroatoms. The number of hydrogen-bond acceptors (Lipinski definition) is 6. The van der Waals surface area contributed by atoms with Gasteiger partial charge in [0.15, 0.2) is 0 Å². The first-order valence-electron chi connectivity index (χ1n) is 6.86. The normalized spacial score (nSPS) is 12.5. The van der Waals surface area contributed by atoms with Crippen molar-refractivity contribution in [1.82, 2.24) is 10.1 Å². The molecule has 0 spiro atoms. The van der Waals surface area contributed by atoms with Crippen molar-refractivity contribution in [2.75, 3.05) is 14.2 Å². The maximum atomic E-state index is 6.05. The summed E-state index contributed by atoms with van der Waals surface area (Å²) in [7, 11) is 3.19. The van der Waals surface area contributed by atoms with Crippen molar-refractivity contribution in [3.8, 4) is 22.9 Å². The molecule has 0 radical (unpaired) electrons.